The lowest BCUT2D eigenvalue weighted by molar-refractivity contribution is -0.141. The molecule has 1 heterocycles. The van der Waals surface area contributed by atoms with Crippen molar-refractivity contribution in [2.24, 2.45) is 5.92 Å². The van der Waals surface area contributed by atoms with E-state index in [2.05, 4.69) is 10.4 Å². The van der Waals surface area contributed by atoms with Crippen LogP contribution in [-0.2, 0) is 16.0 Å². The van der Waals surface area contributed by atoms with Gasteiger partial charge in [-0.3, -0.25) is 9.59 Å². The lowest BCUT2D eigenvalue weighted by atomic mass is 10.0. The second-order valence-corrected chi connectivity index (χ2v) is 6.34. The highest BCUT2D eigenvalue weighted by molar-refractivity contribution is 5.80. The lowest BCUT2D eigenvalue weighted by Crippen LogP contribution is -2.34. The summed E-state index contributed by atoms with van der Waals surface area (Å²) in [6.45, 7) is 5.69. The first-order valence-corrected chi connectivity index (χ1v) is 8.64. The molecule has 1 aromatic heterocycles. The number of carbonyl (C=O) groups excluding carboxylic acids is 1. The predicted molar refractivity (Wildman–Crippen MR) is 95.7 cm³/mol. The molecule has 0 saturated carbocycles. The molecule has 7 heteroatoms. The van der Waals surface area contributed by atoms with Crippen LogP contribution in [0.5, 0.6) is 0 Å². The van der Waals surface area contributed by atoms with Crippen molar-refractivity contribution in [1.82, 2.24) is 15.1 Å². The average Bonchev–Trinajstić information content (AvgIpc) is 2.87. The Kier molecular flexibility index (Phi) is 6.49. The number of carboxylic acids is 1. The first-order valence-electron chi connectivity index (χ1n) is 8.64. The van der Waals surface area contributed by atoms with Gasteiger partial charge in [-0.25, -0.2) is 9.07 Å². The van der Waals surface area contributed by atoms with Gasteiger partial charge >= 0.3 is 5.97 Å². The summed E-state index contributed by atoms with van der Waals surface area (Å²) in [6, 6.07) is 5.97. The molecule has 0 radical (unpaired) electrons. The van der Waals surface area contributed by atoms with E-state index in [1.54, 1.807) is 16.8 Å². The molecular weight excluding hydrogens is 337 g/mol. The van der Waals surface area contributed by atoms with Crippen molar-refractivity contribution < 1.29 is 19.1 Å². The largest absolute Gasteiger partial charge is 0.481 e. The quantitative estimate of drug-likeness (QED) is 0.757. The molecule has 6 nitrogen and oxygen atoms in total. The van der Waals surface area contributed by atoms with Crippen LogP contribution in [0, 0.1) is 25.6 Å². The Labute approximate surface area is 152 Å². The minimum Gasteiger partial charge on any atom is -0.481 e. The summed E-state index contributed by atoms with van der Waals surface area (Å²) >= 11 is 0. The number of nitrogens with zero attached hydrogens (tertiary/aromatic N) is 2. The summed E-state index contributed by atoms with van der Waals surface area (Å²) in [4.78, 5) is 23.4. The zero-order valence-corrected chi connectivity index (χ0v) is 15.3. The Hall–Kier alpha value is -2.70. The molecule has 1 aromatic carbocycles. The maximum absolute atomic E-state index is 13.1. The Morgan fingerprint density at radius 2 is 1.92 bits per heavy atom. The number of halogens is 1. The van der Waals surface area contributed by atoms with Crippen LogP contribution in [0.25, 0.3) is 5.69 Å². The zero-order valence-electron chi connectivity index (χ0n) is 15.3. The molecular formula is C19H24FN3O3. The zero-order chi connectivity index (χ0) is 19.3. The van der Waals surface area contributed by atoms with Gasteiger partial charge in [0.1, 0.15) is 5.82 Å². The van der Waals surface area contributed by atoms with Gasteiger partial charge in [0.25, 0.3) is 0 Å². The van der Waals surface area contributed by atoms with Crippen LogP contribution in [0.15, 0.2) is 24.3 Å². The van der Waals surface area contributed by atoms with Crippen LogP contribution in [0.4, 0.5) is 4.39 Å². The monoisotopic (exact) mass is 361 g/mol. The normalized spacial score (nSPS) is 12.0. The van der Waals surface area contributed by atoms with Gasteiger partial charge < -0.3 is 10.4 Å². The smallest absolute Gasteiger partial charge is 0.308 e. The fourth-order valence-electron chi connectivity index (χ4n) is 2.89. The van der Waals surface area contributed by atoms with Gasteiger partial charge in [0.15, 0.2) is 0 Å². The van der Waals surface area contributed by atoms with E-state index in [0.717, 1.165) is 17.7 Å². The van der Waals surface area contributed by atoms with Crippen molar-refractivity contribution in [2.45, 2.75) is 40.0 Å². The summed E-state index contributed by atoms with van der Waals surface area (Å²) in [5.41, 5.74) is 3.01. The number of carboxylic acid groups (broad SMARTS) is 1. The Balaban J connectivity index is 2.08. The van der Waals surface area contributed by atoms with Crippen LogP contribution in [0.1, 0.15) is 36.7 Å². The van der Waals surface area contributed by atoms with Crippen molar-refractivity contribution >= 4 is 11.9 Å². The average molecular weight is 361 g/mol. The molecule has 0 bridgehead atoms. The topological polar surface area (TPSA) is 84.2 Å². The minimum atomic E-state index is -0.899. The van der Waals surface area contributed by atoms with Crippen LogP contribution in [0.2, 0.25) is 0 Å². The molecule has 0 fully saturated rings. The molecule has 0 aliphatic rings. The second kappa shape index (κ2) is 8.60. The van der Waals surface area contributed by atoms with Gasteiger partial charge in [0.05, 0.1) is 23.7 Å². The standard InChI is InChI=1S/C19H24FN3O3/c1-4-5-14(19(25)26)11-21-18(24)10-17-12(2)22-23(13(17)3)16-8-6-15(20)7-9-16/h6-9,14H,4-5,10-11H2,1-3H3,(H,21,24)(H,25,26). The van der Waals surface area contributed by atoms with Crippen molar-refractivity contribution in [3.05, 3.63) is 47.0 Å². The number of hydrogen-bond acceptors (Lipinski definition) is 3. The maximum atomic E-state index is 13.1. The van der Waals surface area contributed by atoms with E-state index in [9.17, 15) is 14.0 Å². The number of carbonyl (C=O) groups is 2. The maximum Gasteiger partial charge on any atom is 0.308 e. The summed E-state index contributed by atoms with van der Waals surface area (Å²) in [6.07, 6.45) is 1.39. The fraction of sp³-hybridized carbons (Fsp3) is 0.421. The molecule has 2 N–H and O–H groups in total. The number of hydrogen-bond donors (Lipinski definition) is 2. The minimum absolute atomic E-state index is 0.117. The van der Waals surface area contributed by atoms with E-state index in [1.807, 2.05) is 20.8 Å². The van der Waals surface area contributed by atoms with Crippen LogP contribution in [0.3, 0.4) is 0 Å². The van der Waals surface area contributed by atoms with Crippen molar-refractivity contribution in [3.63, 3.8) is 0 Å². The van der Waals surface area contributed by atoms with E-state index in [1.165, 1.54) is 12.1 Å². The highest BCUT2D eigenvalue weighted by atomic mass is 19.1. The molecule has 1 amide bonds. The van der Waals surface area contributed by atoms with Gasteiger partial charge in [-0.1, -0.05) is 13.3 Å². The number of aromatic nitrogens is 2. The molecule has 2 rings (SSSR count). The molecule has 1 atom stereocenters. The van der Waals surface area contributed by atoms with Gasteiger partial charge in [0, 0.05) is 17.8 Å². The predicted octanol–water partition coefficient (Wildman–Crippen LogP) is 2.79. The number of benzene rings is 1. The highest BCUT2D eigenvalue weighted by Gasteiger charge is 2.19. The first kappa shape index (κ1) is 19.6. The molecule has 0 spiro atoms. The van der Waals surface area contributed by atoms with Crippen LogP contribution < -0.4 is 5.32 Å². The third-order valence-electron chi connectivity index (χ3n) is 4.38. The fourth-order valence-corrected chi connectivity index (χ4v) is 2.89. The third-order valence-corrected chi connectivity index (χ3v) is 4.38. The summed E-state index contributed by atoms with van der Waals surface area (Å²) < 4.78 is 14.8. The first-order chi connectivity index (χ1) is 12.3. The number of nitrogens with one attached hydrogen (secondary N) is 1. The lowest BCUT2D eigenvalue weighted by Gasteiger charge is -2.12. The highest BCUT2D eigenvalue weighted by Crippen LogP contribution is 2.19. The Morgan fingerprint density at radius 1 is 1.27 bits per heavy atom. The van der Waals surface area contributed by atoms with E-state index in [4.69, 9.17) is 5.11 Å². The van der Waals surface area contributed by atoms with Crippen molar-refractivity contribution in [1.29, 1.82) is 0 Å². The molecule has 26 heavy (non-hydrogen) atoms. The Morgan fingerprint density at radius 3 is 2.50 bits per heavy atom. The second-order valence-electron chi connectivity index (χ2n) is 6.34. The molecule has 1 unspecified atom stereocenters. The van der Waals surface area contributed by atoms with E-state index < -0.39 is 11.9 Å². The third kappa shape index (κ3) is 4.68. The van der Waals surface area contributed by atoms with E-state index in [-0.39, 0.29) is 24.7 Å². The van der Waals surface area contributed by atoms with Crippen molar-refractivity contribution in [3.8, 4) is 5.69 Å². The molecule has 140 valence electrons. The van der Waals surface area contributed by atoms with Gasteiger partial charge in [-0.15, -0.1) is 0 Å². The van der Waals surface area contributed by atoms with Gasteiger partial charge in [-0.2, -0.15) is 5.10 Å². The van der Waals surface area contributed by atoms with E-state index >= 15 is 0 Å². The molecule has 0 aliphatic carbocycles. The Bertz CT molecular complexity index is 784. The van der Waals surface area contributed by atoms with E-state index in [0.29, 0.717) is 17.8 Å². The number of aliphatic carboxylic acids is 1. The van der Waals surface area contributed by atoms with Crippen LogP contribution >= 0.6 is 0 Å². The molecule has 2 aromatic rings. The molecule has 0 saturated heterocycles. The number of rotatable bonds is 8. The van der Waals surface area contributed by atoms with Gasteiger partial charge in [-0.05, 0) is 44.5 Å². The summed E-state index contributed by atoms with van der Waals surface area (Å²) in [7, 11) is 0. The number of aryl methyl sites for hydroxylation is 1. The SMILES string of the molecule is CCCC(CNC(=O)Cc1c(C)nn(-c2ccc(F)cc2)c1C)C(=O)O. The molecule has 0 aliphatic heterocycles. The number of amides is 1. The summed E-state index contributed by atoms with van der Waals surface area (Å²) in [5, 5.41) is 16.3. The van der Waals surface area contributed by atoms with Crippen LogP contribution in [-0.4, -0.2) is 33.3 Å². The van der Waals surface area contributed by atoms with Gasteiger partial charge in [0.2, 0.25) is 5.91 Å². The van der Waals surface area contributed by atoms with Crippen molar-refractivity contribution in [2.75, 3.05) is 6.54 Å². The summed E-state index contributed by atoms with van der Waals surface area (Å²) in [5.74, 6) is -2.04.